The largest absolute Gasteiger partial charge is 0.348 e. The maximum Gasteiger partial charge on any atom is 0.251 e. The monoisotopic (exact) mass is 389 g/mol. The normalized spacial score (nSPS) is 11.3. The second kappa shape index (κ2) is 7.31. The third kappa shape index (κ3) is 3.95. The zero-order valence-corrected chi connectivity index (χ0v) is 15.5. The lowest BCUT2D eigenvalue weighted by atomic mass is 10.1. The molecule has 1 N–H and O–H groups in total. The number of carbonyl (C=O) groups is 1. The number of sulfone groups is 1. The van der Waals surface area contributed by atoms with Gasteiger partial charge in [-0.05, 0) is 29.8 Å². The van der Waals surface area contributed by atoms with Gasteiger partial charge >= 0.3 is 0 Å². The average Bonchev–Trinajstić information content (AvgIpc) is 3.11. The Labute approximate surface area is 156 Å². The van der Waals surface area contributed by atoms with Crippen molar-refractivity contribution in [3.05, 3.63) is 77.1 Å². The summed E-state index contributed by atoms with van der Waals surface area (Å²) in [6.45, 7) is 0.294. The Kier molecular flexibility index (Phi) is 5.11. The second-order valence-corrected chi connectivity index (χ2v) is 7.99. The van der Waals surface area contributed by atoms with E-state index in [0.29, 0.717) is 22.8 Å². The molecule has 0 aliphatic heterocycles. The molecule has 3 aromatic rings. The van der Waals surface area contributed by atoms with E-state index in [2.05, 4.69) is 10.3 Å². The van der Waals surface area contributed by atoms with E-state index >= 15 is 0 Å². The van der Waals surface area contributed by atoms with Crippen molar-refractivity contribution in [1.29, 1.82) is 0 Å². The third-order valence-electron chi connectivity index (χ3n) is 3.72. The molecule has 0 atom stereocenters. The molecule has 0 saturated carbocycles. The van der Waals surface area contributed by atoms with Crippen molar-refractivity contribution in [2.45, 2.75) is 11.7 Å². The van der Waals surface area contributed by atoms with E-state index < -0.39 is 9.84 Å². The smallest absolute Gasteiger partial charge is 0.251 e. The number of imidazole rings is 1. The van der Waals surface area contributed by atoms with E-state index in [-0.39, 0.29) is 11.1 Å². The van der Waals surface area contributed by atoms with Gasteiger partial charge in [-0.2, -0.15) is 0 Å². The van der Waals surface area contributed by atoms with Crippen LogP contribution >= 0.6 is 11.6 Å². The third-order valence-corrected chi connectivity index (χ3v) is 5.06. The lowest BCUT2D eigenvalue weighted by Gasteiger charge is -2.10. The van der Waals surface area contributed by atoms with Crippen molar-refractivity contribution >= 4 is 27.3 Å². The van der Waals surface area contributed by atoms with Crippen molar-refractivity contribution in [2.75, 3.05) is 6.26 Å². The van der Waals surface area contributed by atoms with Crippen molar-refractivity contribution in [3.8, 4) is 5.69 Å². The van der Waals surface area contributed by atoms with Crippen LogP contribution in [-0.4, -0.2) is 30.1 Å². The van der Waals surface area contributed by atoms with E-state index in [0.717, 1.165) is 11.8 Å². The zero-order chi connectivity index (χ0) is 18.7. The molecular formula is C18H16ClN3O3S. The number of hydrogen-bond acceptors (Lipinski definition) is 4. The summed E-state index contributed by atoms with van der Waals surface area (Å²) < 4.78 is 25.1. The van der Waals surface area contributed by atoms with E-state index in [4.69, 9.17) is 11.6 Å². The highest BCUT2D eigenvalue weighted by Gasteiger charge is 2.16. The summed E-state index contributed by atoms with van der Waals surface area (Å²) >= 11 is 6.09. The average molecular weight is 390 g/mol. The molecule has 8 heteroatoms. The summed E-state index contributed by atoms with van der Waals surface area (Å²) in [6, 6.07) is 13.9. The highest BCUT2D eigenvalue weighted by molar-refractivity contribution is 7.90. The molecule has 26 heavy (non-hydrogen) atoms. The van der Waals surface area contributed by atoms with Gasteiger partial charge in [0.15, 0.2) is 0 Å². The minimum absolute atomic E-state index is 0.0777. The molecule has 0 unspecified atom stereocenters. The van der Waals surface area contributed by atoms with Crippen LogP contribution in [-0.2, 0) is 16.4 Å². The summed E-state index contributed by atoms with van der Waals surface area (Å²) in [5.74, 6) is -0.284. The molecule has 0 fully saturated rings. The van der Waals surface area contributed by atoms with Crippen LogP contribution in [0.2, 0.25) is 5.02 Å². The molecular weight excluding hydrogens is 374 g/mol. The number of hydrogen-bond donors (Lipinski definition) is 1. The van der Waals surface area contributed by atoms with Crippen molar-refractivity contribution in [3.63, 3.8) is 0 Å². The van der Waals surface area contributed by atoms with Gasteiger partial charge in [-0.3, -0.25) is 9.36 Å². The lowest BCUT2D eigenvalue weighted by molar-refractivity contribution is 0.0951. The molecule has 1 heterocycles. The number of halogens is 1. The Morgan fingerprint density at radius 2 is 1.96 bits per heavy atom. The predicted octanol–water partition coefficient (Wildman–Crippen LogP) is 2.86. The number of carbonyl (C=O) groups excluding carboxylic acids is 1. The maximum atomic E-state index is 12.4. The fourth-order valence-electron chi connectivity index (χ4n) is 2.48. The van der Waals surface area contributed by atoms with Gasteiger partial charge in [-0.15, -0.1) is 0 Å². The summed E-state index contributed by atoms with van der Waals surface area (Å²) in [6.07, 6.45) is 4.03. The molecule has 0 aliphatic carbocycles. The van der Waals surface area contributed by atoms with Gasteiger partial charge in [0.2, 0.25) is 15.0 Å². The molecule has 0 bridgehead atoms. The minimum atomic E-state index is -3.49. The molecule has 1 amide bonds. The summed E-state index contributed by atoms with van der Waals surface area (Å²) in [7, 11) is -3.49. The molecule has 134 valence electrons. The Bertz CT molecular complexity index is 1060. The molecule has 3 rings (SSSR count). The number of benzene rings is 2. The number of aromatic nitrogens is 2. The zero-order valence-electron chi connectivity index (χ0n) is 13.9. The highest BCUT2D eigenvalue weighted by atomic mass is 35.5. The fourth-order valence-corrected chi connectivity index (χ4v) is 3.46. The van der Waals surface area contributed by atoms with Crippen molar-refractivity contribution in [1.82, 2.24) is 14.9 Å². The van der Waals surface area contributed by atoms with Crippen LogP contribution in [0, 0.1) is 0 Å². The van der Waals surface area contributed by atoms with Gasteiger partial charge in [-0.25, -0.2) is 13.4 Å². The number of nitrogens with zero attached hydrogens (tertiary/aromatic N) is 2. The molecule has 0 saturated heterocycles. The lowest BCUT2D eigenvalue weighted by Crippen LogP contribution is -2.23. The predicted molar refractivity (Wildman–Crippen MR) is 99.3 cm³/mol. The van der Waals surface area contributed by atoms with E-state index in [9.17, 15) is 13.2 Å². The van der Waals surface area contributed by atoms with E-state index in [1.807, 2.05) is 18.2 Å². The van der Waals surface area contributed by atoms with Crippen LogP contribution in [0.15, 0.2) is 66.1 Å². The maximum absolute atomic E-state index is 12.4. The molecule has 6 nitrogen and oxygen atoms in total. The van der Waals surface area contributed by atoms with Gasteiger partial charge in [0.05, 0.1) is 0 Å². The molecule has 2 aromatic carbocycles. The highest BCUT2D eigenvalue weighted by Crippen LogP contribution is 2.17. The Hall–Kier alpha value is -2.64. The Balaban J connectivity index is 1.83. The number of amides is 1. The van der Waals surface area contributed by atoms with Crippen molar-refractivity contribution in [2.24, 2.45) is 0 Å². The first-order valence-electron chi connectivity index (χ1n) is 7.72. The van der Waals surface area contributed by atoms with Gasteiger partial charge in [0.25, 0.3) is 5.91 Å². The quantitative estimate of drug-likeness (QED) is 0.727. The topological polar surface area (TPSA) is 81.1 Å². The Morgan fingerprint density at radius 1 is 1.19 bits per heavy atom. The SMILES string of the molecule is CS(=O)(=O)c1nccn1-c1cccc(C(=O)NCc2ccccc2Cl)c1. The summed E-state index contributed by atoms with van der Waals surface area (Å²) in [5, 5.41) is 3.31. The van der Waals surface area contributed by atoms with Crippen LogP contribution in [0.4, 0.5) is 0 Å². The van der Waals surface area contributed by atoms with Crippen LogP contribution in [0.3, 0.4) is 0 Å². The van der Waals surface area contributed by atoms with Gasteiger partial charge < -0.3 is 5.32 Å². The van der Waals surface area contributed by atoms with E-state index in [1.165, 1.54) is 17.0 Å². The van der Waals surface area contributed by atoms with Crippen LogP contribution in [0.25, 0.3) is 5.69 Å². The molecule has 1 aromatic heterocycles. The molecule has 0 spiro atoms. The van der Waals surface area contributed by atoms with Crippen LogP contribution in [0.5, 0.6) is 0 Å². The van der Waals surface area contributed by atoms with Gasteiger partial charge in [0, 0.05) is 41.5 Å². The minimum Gasteiger partial charge on any atom is -0.348 e. The first kappa shape index (κ1) is 18.2. The van der Waals surface area contributed by atoms with E-state index in [1.54, 1.807) is 30.3 Å². The number of rotatable bonds is 5. The van der Waals surface area contributed by atoms with Crippen molar-refractivity contribution < 1.29 is 13.2 Å². The Morgan fingerprint density at radius 3 is 2.69 bits per heavy atom. The summed E-state index contributed by atoms with van der Waals surface area (Å²) in [5.41, 5.74) is 1.75. The molecule has 0 radical (unpaired) electrons. The fraction of sp³-hybridized carbons (Fsp3) is 0.111. The second-order valence-electron chi connectivity index (χ2n) is 5.68. The van der Waals surface area contributed by atoms with Gasteiger partial charge in [-0.1, -0.05) is 35.9 Å². The standard InChI is InChI=1S/C18H16ClN3O3S/c1-26(24,25)18-20-9-10-22(18)15-7-4-6-13(11-15)17(23)21-12-14-5-2-3-8-16(14)19/h2-11H,12H2,1H3,(H,21,23). The first-order valence-corrected chi connectivity index (χ1v) is 9.98. The molecule has 0 aliphatic rings. The first-order chi connectivity index (χ1) is 12.4. The van der Waals surface area contributed by atoms with Gasteiger partial charge in [0.1, 0.15) is 0 Å². The van der Waals surface area contributed by atoms with Crippen LogP contribution in [0.1, 0.15) is 15.9 Å². The van der Waals surface area contributed by atoms with Crippen LogP contribution < -0.4 is 5.32 Å². The summed E-state index contributed by atoms with van der Waals surface area (Å²) in [4.78, 5) is 16.3. The number of nitrogens with one attached hydrogen (secondary N) is 1.